The van der Waals surface area contributed by atoms with E-state index in [4.69, 9.17) is 9.47 Å². The molecule has 1 aromatic carbocycles. The average molecular weight is 644 g/mol. The van der Waals surface area contributed by atoms with Gasteiger partial charge in [0.2, 0.25) is 11.9 Å². The SMILES string of the molecule is C[Si](C)(C)CCOCn1nc(S(=O)(=O)N2CCC3(CC2)COCCN3)nc1Nc1c(-c2ccnc(F)c2)ccc2c1CCC2. The van der Waals surface area contributed by atoms with E-state index in [1.807, 2.05) is 6.07 Å². The van der Waals surface area contributed by atoms with Crippen LogP contribution in [0, 0.1) is 5.95 Å². The lowest BCUT2D eigenvalue weighted by Crippen LogP contribution is -2.60. The molecule has 0 radical (unpaired) electrons. The molecule has 11 nitrogen and oxygen atoms in total. The normalized spacial score (nSPS) is 18.9. The largest absolute Gasteiger partial charge is 0.378 e. The minimum Gasteiger partial charge on any atom is -0.378 e. The first-order valence-electron chi connectivity index (χ1n) is 15.4. The Balaban J connectivity index is 1.32. The summed E-state index contributed by atoms with van der Waals surface area (Å²) in [5.74, 6) is -0.303. The van der Waals surface area contributed by atoms with Gasteiger partial charge in [-0.3, -0.25) is 0 Å². The zero-order chi connectivity index (χ0) is 31.0. The van der Waals surface area contributed by atoms with Gasteiger partial charge in [0.25, 0.3) is 15.2 Å². The summed E-state index contributed by atoms with van der Waals surface area (Å²) in [7, 11) is -5.30. The number of hydrogen-bond acceptors (Lipinski definition) is 9. The Morgan fingerprint density at radius 3 is 2.73 bits per heavy atom. The van der Waals surface area contributed by atoms with E-state index in [0.717, 1.165) is 48.7 Å². The molecule has 0 saturated carbocycles. The minimum absolute atomic E-state index is 0.0495. The predicted molar refractivity (Wildman–Crippen MR) is 169 cm³/mol. The second-order valence-corrected chi connectivity index (χ2v) is 20.7. The second kappa shape index (κ2) is 12.6. The smallest absolute Gasteiger partial charge is 0.284 e. The van der Waals surface area contributed by atoms with Crippen LogP contribution in [0.5, 0.6) is 0 Å². The molecular formula is C30H42FN7O4SSi. The van der Waals surface area contributed by atoms with Gasteiger partial charge >= 0.3 is 0 Å². The fourth-order valence-corrected chi connectivity index (χ4v) is 8.23. The van der Waals surface area contributed by atoms with E-state index < -0.39 is 24.0 Å². The van der Waals surface area contributed by atoms with E-state index in [-0.39, 0.29) is 23.4 Å². The van der Waals surface area contributed by atoms with Crippen molar-refractivity contribution in [2.45, 2.75) is 75.2 Å². The Morgan fingerprint density at radius 1 is 1.18 bits per heavy atom. The number of anilines is 2. The van der Waals surface area contributed by atoms with Crippen LogP contribution in [-0.2, 0) is 39.1 Å². The third-order valence-corrected chi connectivity index (χ3v) is 12.2. The highest BCUT2D eigenvalue weighted by Gasteiger charge is 2.41. The number of piperidine rings is 1. The molecule has 1 spiro atoms. The van der Waals surface area contributed by atoms with Crippen molar-refractivity contribution in [2.24, 2.45) is 0 Å². The number of hydrogen-bond donors (Lipinski definition) is 2. The number of nitrogens with zero attached hydrogens (tertiary/aromatic N) is 5. The maximum atomic E-state index is 14.2. The molecule has 2 aromatic heterocycles. The monoisotopic (exact) mass is 643 g/mol. The van der Waals surface area contributed by atoms with Crippen LogP contribution in [0.4, 0.5) is 16.0 Å². The molecule has 238 valence electrons. The van der Waals surface area contributed by atoms with Gasteiger partial charge in [-0.05, 0) is 60.9 Å². The number of benzene rings is 1. The fourth-order valence-electron chi connectivity index (χ4n) is 6.17. The summed E-state index contributed by atoms with van der Waals surface area (Å²) < 4.78 is 56.6. The predicted octanol–water partition coefficient (Wildman–Crippen LogP) is 4.17. The number of rotatable bonds is 10. The molecule has 2 fully saturated rings. The first-order chi connectivity index (χ1) is 21.0. The van der Waals surface area contributed by atoms with Gasteiger partial charge in [0, 0.05) is 57.7 Å². The van der Waals surface area contributed by atoms with Gasteiger partial charge < -0.3 is 20.1 Å². The molecule has 4 heterocycles. The summed E-state index contributed by atoms with van der Waals surface area (Å²) in [6.45, 7) is 10.2. The first-order valence-corrected chi connectivity index (χ1v) is 20.6. The minimum atomic E-state index is -3.97. The quantitative estimate of drug-likeness (QED) is 0.190. The van der Waals surface area contributed by atoms with Crippen molar-refractivity contribution in [3.05, 3.63) is 47.5 Å². The van der Waals surface area contributed by atoms with Crippen LogP contribution in [0.25, 0.3) is 11.1 Å². The zero-order valence-electron chi connectivity index (χ0n) is 25.7. The standard InChI is InChI=1S/C30H42FN7O4SSi/c1-44(2,3)18-17-42-21-38-28(34-27-24-6-4-5-22(24)7-8-25(27)23-9-12-32-26(31)19-23)35-29(36-38)43(39,40)37-14-10-30(11-15-37)20-41-16-13-33-30/h7-9,12,19,33H,4-6,10-11,13-18,20-21H2,1-3H3,(H,34,35,36). The van der Waals surface area contributed by atoms with E-state index in [9.17, 15) is 12.8 Å². The van der Waals surface area contributed by atoms with Gasteiger partial charge in [0.1, 0.15) is 6.73 Å². The van der Waals surface area contributed by atoms with Crippen molar-refractivity contribution >= 4 is 29.7 Å². The Bertz CT molecular complexity index is 1600. The number of fused-ring (bicyclic) bond motifs is 1. The molecule has 0 amide bonds. The average Bonchev–Trinajstić information content (AvgIpc) is 3.64. The van der Waals surface area contributed by atoms with E-state index in [1.54, 1.807) is 6.07 Å². The highest BCUT2D eigenvalue weighted by molar-refractivity contribution is 7.89. The number of pyridine rings is 1. The van der Waals surface area contributed by atoms with Crippen molar-refractivity contribution in [1.29, 1.82) is 0 Å². The lowest BCUT2D eigenvalue weighted by atomic mass is 9.88. The maximum Gasteiger partial charge on any atom is 0.284 e. The fraction of sp³-hybridized carbons (Fsp3) is 0.567. The molecule has 3 aliphatic rings. The zero-order valence-corrected chi connectivity index (χ0v) is 27.6. The molecule has 3 aromatic rings. The lowest BCUT2D eigenvalue weighted by molar-refractivity contribution is 0.00451. The number of morpholine rings is 1. The molecule has 0 atom stereocenters. The number of ether oxygens (including phenoxy) is 2. The van der Waals surface area contributed by atoms with Crippen molar-refractivity contribution < 1.29 is 22.3 Å². The number of sulfonamides is 1. The third-order valence-electron chi connectivity index (χ3n) is 8.79. The van der Waals surface area contributed by atoms with Crippen molar-refractivity contribution in [1.82, 2.24) is 29.4 Å². The molecule has 0 bridgehead atoms. The maximum absolute atomic E-state index is 14.2. The lowest BCUT2D eigenvalue weighted by Gasteiger charge is -2.43. The van der Waals surface area contributed by atoms with Crippen LogP contribution >= 0.6 is 0 Å². The molecular weight excluding hydrogens is 602 g/mol. The number of halogens is 1. The van der Waals surface area contributed by atoms with Crippen molar-refractivity contribution in [2.75, 3.05) is 44.8 Å². The molecule has 1 aliphatic carbocycles. The molecule has 6 rings (SSSR count). The van der Waals surface area contributed by atoms with Gasteiger partial charge in [-0.15, -0.1) is 5.10 Å². The molecule has 44 heavy (non-hydrogen) atoms. The Hall–Kier alpha value is -2.75. The topological polar surface area (TPSA) is 124 Å². The Labute approximate surface area is 259 Å². The van der Waals surface area contributed by atoms with Crippen LogP contribution in [0.1, 0.15) is 30.4 Å². The van der Waals surface area contributed by atoms with Gasteiger partial charge in [-0.1, -0.05) is 31.8 Å². The van der Waals surface area contributed by atoms with E-state index in [0.29, 0.717) is 51.3 Å². The second-order valence-electron chi connectivity index (χ2n) is 13.2. The summed E-state index contributed by atoms with van der Waals surface area (Å²) in [6, 6.07) is 8.18. The Morgan fingerprint density at radius 2 is 2.00 bits per heavy atom. The highest BCUT2D eigenvalue weighted by atomic mass is 32.2. The van der Waals surface area contributed by atoms with E-state index in [2.05, 4.69) is 51.4 Å². The Kier molecular flexibility index (Phi) is 8.92. The summed E-state index contributed by atoms with van der Waals surface area (Å²) >= 11 is 0. The van der Waals surface area contributed by atoms with Crippen LogP contribution in [0.15, 0.2) is 35.6 Å². The van der Waals surface area contributed by atoms with Crippen LogP contribution in [-0.4, -0.2) is 85.5 Å². The third kappa shape index (κ3) is 6.75. The number of aryl methyl sites for hydroxylation is 1. The van der Waals surface area contributed by atoms with Gasteiger partial charge in [0.15, 0.2) is 0 Å². The van der Waals surface area contributed by atoms with Gasteiger partial charge in [-0.2, -0.15) is 13.7 Å². The van der Waals surface area contributed by atoms with Crippen LogP contribution in [0.2, 0.25) is 25.7 Å². The van der Waals surface area contributed by atoms with Gasteiger partial charge in [-0.25, -0.2) is 18.1 Å². The summed E-state index contributed by atoms with van der Waals surface area (Å²) in [4.78, 5) is 8.29. The highest BCUT2D eigenvalue weighted by Crippen LogP contribution is 2.39. The van der Waals surface area contributed by atoms with Crippen molar-refractivity contribution in [3.63, 3.8) is 0 Å². The number of nitrogens with one attached hydrogen (secondary N) is 2. The molecule has 2 N–H and O–H groups in total. The molecule has 2 aliphatic heterocycles. The van der Waals surface area contributed by atoms with Crippen molar-refractivity contribution in [3.8, 4) is 11.1 Å². The number of aromatic nitrogens is 4. The summed E-state index contributed by atoms with van der Waals surface area (Å²) in [5.41, 5.74) is 4.36. The van der Waals surface area contributed by atoms with E-state index in [1.165, 1.54) is 26.8 Å². The molecule has 2 saturated heterocycles. The summed E-state index contributed by atoms with van der Waals surface area (Å²) in [5, 5.41) is 11.2. The molecule has 14 heteroatoms. The molecule has 0 unspecified atom stereocenters. The van der Waals surface area contributed by atoms with Crippen LogP contribution in [0.3, 0.4) is 0 Å². The van der Waals surface area contributed by atoms with E-state index >= 15 is 0 Å². The first kappa shape index (κ1) is 31.2. The van der Waals surface area contributed by atoms with Crippen LogP contribution < -0.4 is 10.6 Å². The van der Waals surface area contributed by atoms with Gasteiger partial charge in [0.05, 0.1) is 18.9 Å². The summed E-state index contributed by atoms with van der Waals surface area (Å²) in [6.07, 6.45) is 5.54.